The molecule has 0 bridgehead atoms. The van der Waals surface area contributed by atoms with E-state index in [0.29, 0.717) is 25.1 Å². The highest BCUT2D eigenvalue weighted by molar-refractivity contribution is 6.45. The van der Waals surface area contributed by atoms with E-state index in [2.05, 4.69) is 5.32 Å². The Morgan fingerprint density at radius 2 is 2.00 bits per heavy atom. The summed E-state index contributed by atoms with van der Waals surface area (Å²) in [6, 6.07) is 7.60. The van der Waals surface area contributed by atoms with E-state index in [1.807, 2.05) is 42.8 Å². The smallest absolute Gasteiger partial charge is 0.292 e. The average Bonchev–Trinajstić information content (AvgIpc) is 2.75. The molecule has 0 fully saturated rings. The summed E-state index contributed by atoms with van der Waals surface area (Å²) in [4.78, 5) is 24.4. The average molecular weight is 288 g/mol. The van der Waals surface area contributed by atoms with Crippen molar-refractivity contribution in [2.45, 2.75) is 13.3 Å². The number of nitrogens with zero attached hydrogens (tertiary/aromatic N) is 1. The third kappa shape index (κ3) is 2.97. The summed E-state index contributed by atoms with van der Waals surface area (Å²) < 4.78 is 6.84. The van der Waals surface area contributed by atoms with Gasteiger partial charge in [-0.2, -0.15) is 0 Å². The summed E-state index contributed by atoms with van der Waals surface area (Å²) >= 11 is 0. The first-order chi connectivity index (χ1) is 10.1. The van der Waals surface area contributed by atoms with Gasteiger partial charge in [-0.15, -0.1) is 0 Å². The lowest BCUT2D eigenvalue weighted by molar-refractivity contribution is -0.117. The highest BCUT2D eigenvalue weighted by Gasteiger charge is 2.23. The summed E-state index contributed by atoms with van der Waals surface area (Å²) in [6.45, 7) is 2.84. The molecule has 21 heavy (non-hydrogen) atoms. The lowest BCUT2D eigenvalue weighted by atomic mass is 10.1. The van der Waals surface area contributed by atoms with Crippen LogP contribution in [0, 0.1) is 6.92 Å². The largest absolute Gasteiger partial charge is 0.385 e. The summed E-state index contributed by atoms with van der Waals surface area (Å²) in [5.41, 5.74) is 2.23. The predicted molar refractivity (Wildman–Crippen MR) is 81.5 cm³/mol. The van der Waals surface area contributed by atoms with Gasteiger partial charge in [0.15, 0.2) is 0 Å². The number of fused-ring (bicyclic) bond motifs is 1. The number of hydrogen-bond donors (Lipinski definition) is 1. The molecular formula is C16H20N2O3. The molecule has 1 N–H and O–H groups in total. The van der Waals surface area contributed by atoms with Crippen LogP contribution in [0.2, 0.25) is 0 Å². The number of carbonyl (C=O) groups is 2. The molecule has 2 rings (SSSR count). The molecule has 0 aliphatic rings. The van der Waals surface area contributed by atoms with Crippen LogP contribution in [0.4, 0.5) is 0 Å². The number of Topliss-reactive ketones (excluding diaryl/α,β-unsaturated/α-hetero) is 1. The molecule has 5 heteroatoms. The number of aryl methyl sites for hydroxylation is 1. The van der Waals surface area contributed by atoms with Gasteiger partial charge < -0.3 is 14.6 Å². The van der Waals surface area contributed by atoms with Gasteiger partial charge in [-0.3, -0.25) is 9.59 Å². The molecule has 0 saturated carbocycles. The zero-order valence-electron chi connectivity index (χ0n) is 12.6. The fourth-order valence-corrected chi connectivity index (χ4v) is 2.42. The summed E-state index contributed by atoms with van der Waals surface area (Å²) in [5, 5.41) is 3.45. The van der Waals surface area contributed by atoms with E-state index in [0.717, 1.165) is 16.6 Å². The third-order valence-electron chi connectivity index (χ3n) is 3.64. The number of carbonyl (C=O) groups excluding carboxylic acids is 2. The van der Waals surface area contributed by atoms with Crippen molar-refractivity contribution in [3.63, 3.8) is 0 Å². The first kappa shape index (κ1) is 15.3. The molecule has 0 aliphatic carbocycles. The van der Waals surface area contributed by atoms with Crippen molar-refractivity contribution in [3.05, 3.63) is 35.5 Å². The summed E-state index contributed by atoms with van der Waals surface area (Å²) in [5.74, 6) is -1.05. The normalized spacial score (nSPS) is 10.8. The van der Waals surface area contributed by atoms with Gasteiger partial charge in [-0.25, -0.2) is 0 Å². The molecular weight excluding hydrogens is 268 g/mol. The Bertz CT molecular complexity index is 673. The van der Waals surface area contributed by atoms with Gasteiger partial charge in [0, 0.05) is 43.9 Å². The molecule has 0 unspecified atom stereocenters. The Balaban J connectivity index is 2.23. The molecule has 1 aromatic carbocycles. The Morgan fingerprint density at radius 1 is 1.29 bits per heavy atom. The minimum Gasteiger partial charge on any atom is -0.385 e. The quantitative estimate of drug-likeness (QED) is 0.501. The van der Waals surface area contributed by atoms with Crippen LogP contribution >= 0.6 is 0 Å². The molecule has 1 aromatic heterocycles. The van der Waals surface area contributed by atoms with Crippen molar-refractivity contribution in [3.8, 4) is 0 Å². The van der Waals surface area contributed by atoms with E-state index >= 15 is 0 Å². The Labute approximate surface area is 123 Å². The number of amides is 1. The van der Waals surface area contributed by atoms with E-state index in [1.165, 1.54) is 0 Å². The second kappa shape index (κ2) is 6.54. The number of nitrogens with one attached hydrogen (secondary N) is 1. The third-order valence-corrected chi connectivity index (χ3v) is 3.64. The van der Waals surface area contributed by atoms with E-state index in [4.69, 9.17) is 4.74 Å². The van der Waals surface area contributed by atoms with Crippen LogP contribution in [0.15, 0.2) is 24.3 Å². The van der Waals surface area contributed by atoms with Crippen LogP contribution in [0.3, 0.4) is 0 Å². The predicted octanol–water partition coefficient (Wildman–Crippen LogP) is 1.82. The molecule has 0 saturated heterocycles. The second-order valence-electron chi connectivity index (χ2n) is 4.97. The summed E-state index contributed by atoms with van der Waals surface area (Å²) in [7, 11) is 3.50. The minimum atomic E-state index is -0.564. The van der Waals surface area contributed by atoms with Crippen LogP contribution in [-0.4, -0.2) is 36.5 Å². The number of ether oxygens (including phenoxy) is 1. The zero-order chi connectivity index (χ0) is 15.4. The highest BCUT2D eigenvalue weighted by atomic mass is 16.5. The first-order valence-electron chi connectivity index (χ1n) is 6.93. The number of hydrogen-bond acceptors (Lipinski definition) is 3. The number of methoxy groups -OCH3 is 1. The number of ketones is 1. The van der Waals surface area contributed by atoms with Crippen LogP contribution < -0.4 is 5.32 Å². The second-order valence-corrected chi connectivity index (χ2v) is 4.97. The molecule has 1 amide bonds. The first-order valence-corrected chi connectivity index (χ1v) is 6.93. The topological polar surface area (TPSA) is 60.3 Å². The molecule has 0 aliphatic heterocycles. The van der Waals surface area contributed by atoms with Gasteiger partial charge in [0.05, 0.1) is 5.56 Å². The van der Waals surface area contributed by atoms with Crippen molar-refractivity contribution in [2.75, 3.05) is 20.3 Å². The minimum absolute atomic E-state index is 0.433. The van der Waals surface area contributed by atoms with Crippen molar-refractivity contribution >= 4 is 22.6 Å². The van der Waals surface area contributed by atoms with Crippen LogP contribution in [0.5, 0.6) is 0 Å². The molecule has 5 nitrogen and oxygen atoms in total. The van der Waals surface area contributed by atoms with E-state index in [9.17, 15) is 9.59 Å². The van der Waals surface area contributed by atoms with Gasteiger partial charge in [0.2, 0.25) is 0 Å². The van der Waals surface area contributed by atoms with Gasteiger partial charge >= 0.3 is 0 Å². The maximum atomic E-state index is 12.4. The number of aromatic nitrogens is 1. The van der Waals surface area contributed by atoms with Crippen molar-refractivity contribution in [2.24, 2.45) is 7.05 Å². The molecule has 1 heterocycles. The SMILES string of the molecule is COCCCNC(=O)C(=O)c1c(C)n(C)c2ccccc12. The molecule has 112 valence electrons. The molecule has 0 atom stereocenters. The van der Waals surface area contributed by atoms with Crippen LogP contribution in [0.25, 0.3) is 10.9 Å². The van der Waals surface area contributed by atoms with Crippen molar-refractivity contribution in [1.29, 1.82) is 0 Å². The van der Waals surface area contributed by atoms with E-state index < -0.39 is 11.7 Å². The Morgan fingerprint density at radius 3 is 2.71 bits per heavy atom. The van der Waals surface area contributed by atoms with Crippen LogP contribution in [-0.2, 0) is 16.6 Å². The van der Waals surface area contributed by atoms with Gasteiger partial charge in [-0.1, -0.05) is 18.2 Å². The maximum absolute atomic E-state index is 12.4. The molecule has 2 aromatic rings. The zero-order valence-corrected chi connectivity index (χ0v) is 12.6. The number of para-hydroxylation sites is 1. The van der Waals surface area contributed by atoms with E-state index in [-0.39, 0.29) is 0 Å². The van der Waals surface area contributed by atoms with Gasteiger partial charge in [-0.05, 0) is 19.4 Å². The number of rotatable bonds is 6. The highest BCUT2D eigenvalue weighted by Crippen LogP contribution is 2.25. The fourth-order valence-electron chi connectivity index (χ4n) is 2.42. The van der Waals surface area contributed by atoms with Gasteiger partial charge in [0.25, 0.3) is 11.7 Å². The molecule has 0 spiro atoms. The number of benzene rings is 1. The van der Waals surface area contributed by atoms with Crippen molar-refractivity contribution in [1.82, 2.24) is 9.88 Å². The Kier molecular flexibility index (Phi) is 4.75. The fraction of sp³-hybridized carbons (Fsp3) is 0.375. The standard InChI is InChI=1S/C16H20N2O3/c1-11-14(12-7-4-5-8-13(12)18(11)2)15(19)16(20)17-9-6-10-21-3/h4-5,7-8H,6,9-10H2,1-3H3,(H,17,20). The van der Waals surface area contributed by atoms with Crippen molar-refractivity contribution < 1.29 is 14.3 Å². The molecule has 0 radical (unpaired) electrons. The summed E-state index contributed by atoms with van der Waals surface area (Å²) in [6.07, 6.45) is 0.685. The van der Waals surface area contributed by atoms with Gasteiger partial charge in [0.1, 0.15) is 0 Å². The maximum Gasteiger partial charge on any atom is 0.292 e. The van der Waals surface area contributed by atoms with Crippen LogP contribution in [0.1, 0.15) is 22.5 Å². The lowest BCUT2D eigenvalue weighted by Gasteiger charge is -2.04. The Hall–Kier alpha value is -2.14. The monoisotopic (exact) mass is 288 g/mol. The van der Waals surface area contributed by atoms with E-state index in [1.54, 1.807) is 7.11 Å². The lowest BCUT2D eigenvalue weighted by Crippen LogP contribution is -2.32.